The Morgan fingerprint density at radius 2 is 0.710 bits per heavy atom. The summed E-state index contributed by atoms with van der Waals surface area (Å²) < 4.78 is 17.3. The summed E-state index contributed by atoms with van der Waals surface area (Å²) >= 11 is 0. The van der Waals surface area contributed by atoms with E-state index in [0.29, 0.717) is 0 Å². The predicted octanol–water partition coefficient (Wildman–Crippen LogP) is 5.81. The predicted molar refractivity (Wildman–Crippen MR) is 133 cm³/mol. The molecule has 31 heavy (non-hydrogen) atoms. The van der Waals surface area contributed by atoms with Crippen molar-refractivity contribution in [2.24, 2.45) is 0 Å². The third kappa shape index (κ3) is 6.74. The molecular weight excluding hydrogens is 403 g/mol. The van der Waals surface area contributed by atoms with Crippen molar-refractivity contribution in [3.8, 4) is 17.2 Å². The van der Waals surface area contributed by atoms with Crippen molar-refractivity contribution in [3.63, 3.8) is 0 Å². The molecule has 0 spiro atoms. The van der Waals surface area contributed by atoms with E-state index < -0.39 is 7.92 Å². The lowest BCUT2D eigenvalue weighted by molar-refractivity contribution is 0.317. The molecule has 164 valence electrons. The van der Waals surface area contributed by atoms with Gasteiger partial charge in [0.1, 0.15) is 17.2 Å². The van der Waals surface area contributed by atoms with Crippen molar-refractivity contribution in [1.29, 1.82) is 0 Å². The van der Waals surface area contributed by atoms with E-state index in [1.165, 1.54) is 15.9 Å². The Morgan fingerprint density at radius 1 is 0.452 bits per heavy atom. The Kier molecular flexibility index (Phi) is 9.24. The second-order valence-electron chi connectivity index (χ2n) is 7.36. The molecule has 0 radical (unpaired) electrons. The number of ether oxygens (including phenoxy) is 3. The van der Waals surface area contributed by atoms with Crippen molar-refractivity contribution < 1.29 is 14.2 Å². The molecule has 0 aliphatic rings. The van der Waals surface area contributed by atoms with E-state index >= 15 is 0 Å². The van der Waals surface area contributed by atoms with Crippen LogP contribution in [0.15, 0.2) is 72.8 Å². The first-order chi connectivity index (χ1) is 15.2. The summed E-state index contributed by atoms with van der Waals surface area (Å²) in [4.78, 5) is 0. The van der Waals surface area contributed by atoms with E-state index in [1.54, 1.807) is 0 Å². The molecule has 0 saturated heterocycles. The fraction of sp³-hybridized carbons (Fsp3) is 0.333. The average Bonchev–Trinajstić information content (AvgIpc) is 2.82. The molecule has 3 aromatic carbocycles. The third-order valence-electron chi connectivity index (χ3n) is 4.70. The first-order valence-corrected chi connectivity index (χ1v) is 12.6. The van der Waals surface area contributed by atoms with E-state index in [9.17, 15) is 0 Å². The monoisotopic (exact) mass is 436 g/mol. The summed E-state index contributed by atoms with van der Waals surface area (Å²) in [6.45, 7) is 8.59. The molecule has 0 amide bonds. The van der Waals surface area contributed by atoms with Crippen LogP contribution in [0.4, 0.5) is 0 Å². The number of hydrogen-bond acceptors (Lipinski definition) is 3. The van der Waals surface area contributed by atoms with Gasteiger partial charge in [-0.2, -0.15) is 0 Å². The minimum absolute atomic E-state index is 0.688. The van der Waals surface area contributed by atoms with Crippen LogP contribution in [-0.2, 0) is 0 Å². The van der Waals surface area contributed by atoms with Gasteiger partial charge < -0.3 is 14.2 Å². The summed E-state index contributed by atoms with van der Waals surface area (Å²) in [5.74, 6) is 2.77. The standard InChI is InChI=1S/C27H33O3P/c1-4-19-28-22-7-13-25(14-8-22)31(26-15-9-23(10-16-26)29-20-5-2)27-17-11-24(12-18-27)30-21-6-3/h7-18H,4-6,19-21H2,1-3H3. The maximum atomic E-state index is 5.78. The highest BCUT2D eigenvalue weighted by molar-refractivity contribution is 7.79. The number of benzene rings is 3. The summed E-state index contributed by atoms with van der Waals surface area (Å²) in [6.07, 6.45) is 3.02. The van der Waals surface area contributed by atoms with Crippen LogP contribution < -0.4 is 30.1 Å². The van der Waals surface area contributed by atoms with Crippen LogP contribution in [0.2, 0.25) is 0 Å². The van der Waals surface area contributed by atoms with Gasteiger partial charge in [-0.05, 0) is 79.5 Å². The second kappa shape index (κ2) is 12.4. The van der Waals surface area contributed by atoms with Crippen LogP contribution in [0.25, 0.3) is 0 Å². The summed E-state index contributed by atoms with van der Waals surface area (Å²) in [7, 11) is -0.688. The van der Waals surface area contributed by atoms with Crippen LogP contribution in [0, 0.1) is 0 Å². The SMILES string of the molecule is CCCOc1ccc(P(c2ccc(OCCC)cc2)c2ccc(OCCC)cc2)cc1. The van der Waals surface area contributed by atoms with Gasteiger partial charge in [0, 0.05) is 0 Å². The highest BCUT2D eigenvalue weighted by Gasteiger charge is 2.17. The Labute approximate surface area is 188 Å². The fourth-order valence-electron chi connectivity index (χ4n) is 3.18. The highest BCUT2D eigenvalue weighted by atomic mass is 31.1. The van der Waals surface area contributed by atoms with Crippen molar-refractivity contribution >= 4 is 23.8 Å². The van der Waals surface area contributed by atoms with Gasteiger partial charge in [0.15, 0.2) is 0 Å². The van der Waals surface area contributed by atoms with E-state index in [1.807, 2.05) is 0 Å². The van der Waals surface area contributed by atoms with Crippen LogP contribution in [0.3, 0.4) is 0 Å². The molecule has 0 atom stereocenters. The van der Waals surface area contributed by atoms with Crippen LogP contribution in [-0.4, -0.2) is 19.8 Å². The van der Waals surface area contributed by atoms with E-state index in [4.69, 9.17) is 14.2 Å². The molecule has 0 bridgehead atoms. The first-order valence-electron chi connectivity index (χ1n) is 11.2. The Hall–Kier alpha value is -2.51. The topological polar surface area (TPSA) is 27.7 Å². The lowest BCUT2D eigenvalue weighted by Gasteiger charge is -2.20. The third-order valence-corrected chi connectivity index (χ3v) is 7.15. The van der Waals surface area contributed by atoms with Gasteiger partial charge in [0.25, 0.3) is 0 Å². The summed E-state index contributed by atoms with van der Waals surface area (Å²) in [5, 5.41) is 3.88. The van der Waals surface area contributed by atoms with Crippen molar-refractivity contribution in [2.45, 2.75) is 40.0 Å². The zero-order chi connectivity index (χ0) is 21.9. The molecular formula is C27H33O3P. The molecule has 0 saturated carbocycles. The molecule has 0 fully saturated rings. The first kappa shape index (κ1) is 23.2. The van der Waals surface area contributed by atoms with Crippen LogP contribution >= 0.6 is 7.92 Å². The molecule has 3 nitrogen and oxygen atoms in total. The number of hydrogen-bond donors (Lipinski definition) is 0. The second-order valence-corrected chi connectivity index (χ2v) is 9.58. The van der Waals surface area contributed by atoms with Gasteiger partial charge in [-0.15, -0.1) is 0 Å². The van der Waals surface area contributed by atoms with Gasteiger partial charge in [0.2, 0.25) is 0 Å². The zero-order valence-electron chi connectivity index (χ0n) is 18.8. The fourth-order valence-corrected chi connectivity index (χ4v) is 5.42. The molecule has 3 rings (SSSR count). The lowest BCUT2D eigenvalue weighted by Crippen LogP contribution is -2.20. The number of rotatable bonds is 12. The molecule has 0 N–H and O–H groups in total. The van der Waals surface area contributed by atoms with Gasteiger partial charge in [-0.25, -0.2) is 0 Å². The average molecular weight is 437 g/mol. The van der Waals surface area contributed by atoms with E-state index in [-0.39, 0.29) is 0 Å². The Morgan fingerprint density at radius 3 is 0.935 bits per heavy atom. The van der Waals surface area contributed by atoms with Gasteiger partial charge in [0.05, 0.1) is 19.8 Å². The Balaban J connectivity index is 1.90. The van der Waals surface area contributed by atoms with E-state index in [2.05, 4.69) is 93.6 Å². The normalized spacial score (nSPS) is 10.8. The molecule has 4 heteroatoms. The summed E-state index contributed by atoms with van der Waals surface area (Å²) in [6, 6.07) is 25.7. The molecule has 3 aromatic rings. The minimum atomic E-state index is -0.688. The minimum Gasteiger partial charge on any atom is -0.494 e. The van der Waals surface area contributed by atoms with Crippen molar-refractivity contribution in [3.05, 3.63) is 72.8 Å². The smallest absolute Gasteiger partial charge is 0.119 e. The van der Waals surface area contributed by atoms with Crippen molar-refractivity contribution in [1.82, 2.24) is 0 Å². The molecule has 0 aliphatic carbocycles. The Bertz CT molecular complexity index is 767. The maximum Gasteiger partial charge on any atom is 0.119 e. The molecule has 0 aromatic heterocycles. The van der Waals surface area contributed by atoms with Crippen LogP contribution in [0.1, 0.15) is 40.0 Å². The van der Waals surface area contributed by atoms with Crippen molar-refractivity contribution in [2.75, 3.05) is 19.8 Å². The maximum absolute atomic E-state index is 5.78. The molecule has 0 heterocycles. The molecule has 0 unspecified atom stereocenters. The van der Waals surface area contributed by atoms with Crippen LogP contribution in [0.5, 0.6) is 17.2 Å². The molecule has 0 aliphatic heterocycles. The van der Waals surface area contributed by atoms with Gasteiger partial charge in [-0.1, -0.05) is 57.2 Å². The van der Waals surface area contributed by atoms with E-state index in [0.717, 1.165) is 56.3 Å². The van der Waals surface area contributed by atoms with Gasteiger partial charge in [-0.3, -0.25) is 0 Å². The largest absolute Gasteiger partial charge is 0.494 e. The summed E-state index contributed by atoms with van der Waals surface area (Å²) in [5.41, 5.74) is 0. The lowest BCUT2D eigenvalue weighted by atomic mass is 10.3. The zero-order valence-corrected chi connectivity index (χ0v) is 19.7. The van der Waals surface area contributed by atoms with Gasteiger partial charge >= 0.3 is 0 Å². The quantitative estimate of drug-likeness (QED) is 0.335. The highest BCUT2D eigenvalue weighted by Crippen LogP contribution is 2.34.